The highest BCUT2D eigenvalue weighted by molar-refractivity contribution is 6.48. The van der Waals surface area contributed by atoms with Crippen LogP contribution in [0.25, 0.3) is 0 Å². The number of anilines is 1. The van der Waals surface area contributed by atoms with E-state index in [1.807, 2.05) is 6.92 Å². The second-order valence-electron chi connectivity index (χ2n) is 8.03. The summed E-state index contributed by atoms with van der Waals surface area (Å²) < 4.78 is 41.7. The molecule has 0 spiro atoms. The summed E-state index contributed by atoms with van der Waals surface area (Å²) in [5.41, 5.74) is 2.07. The van der Waals surface area contributed by atoms with Gasteiger partial charge >= 0.3 is 6.36 Å². The number of hydrogen-bond donors (Lipinski definition) is 0. The van der Waals surface area contributed by atoms with Crippen LogP contribution in [0.15, 0.2) is 60.7 Å². The number of aryl methyl sites for hydroxylation is 2. The summed E-state index contributed by atoms with van der Waals surface area (Å²) in [6.07, 6.45) is -4.13. The van der Waals surface area contributed by atoms with Crippen LogP contribution in [0.2, 0.25) is 0 Å². The fourth-order valence-electron chi connectivity index (χ4n) is 3.99. The lowest BCUT2D eigenvalue weighted by atomic mass is 9.86. The summed E-state index contributed by atoms with van der Waals surface area (Å²) in [5, 5.41) is 7.92. The Morgan fingerprint density at radius 2 is 1.63 bits per heavy atom. The van der Waals surface area contributed by atoms with Crippen molar-refractivity contribution in [3.63, 3.8) is 0 Å². The third kappa shape index (κ3) is 4.91. The first kappa shape index (κ1) is 24.1. The Morgan fingerprint density at radius 1 is 0.971 bits per heavy atom. The molecule has 180 valence electrons. The van der Waals surface area contributed by atoms with Gasteiger partial charge in [-0.1, -0.05) is 43.3 Å². The molecule has 2 atom stereocenters. The van der Waals surface area contributed by atoms with E-state index in [4.69, 9.17) is 0 Å². The lowest BCUT2D eigenvalue weighted by Crippen LogP contribution is -2.31. The van der Waals surface area contributed by atoms with E-state index in [1.54, 1.807) is 37.3 Å². The Morgan fingerprint density at radius 3 is 2.17 bits per heavy atom. The fourth-order valence-corrected chi connectivity index (χ4v) is 3.99. The predicted molar refractivity (Wildman–Crippen MR) is 119 cm³/mol. The zero-order valence-electron chi connectivity index (χ0n) is 18.7. The molecule has 1 aliphatic rings. The summed E-state index contributed by atoms with van der Waals surface area (Å²) in [7, 11) is 0. The Balaban J connectivity index is 1.79. The molecule has 10 heteroatoms. The van der Waals surface area contributed by atoms with Gasteiger partial charge in [-0.15, -0.1) is 18.3 Å². The highest BCUT2D eigenvalue weighted by atomic mass is 19.4. The Kier molecular flexibility index (Phi) is 6.38. The molecule has 1 saturated heterocycles. The molecule has 1 aromatic heterocycles. The zero-order valence-corrected chi connectivity index (χ0v) is 18.7. The molecular formula is C25H20F3N3O4. The number of ketones is 2. The largest absolute Gasteiger partial charge is 0.573 e. The number of ether oxygens (including phenoxy) is 1. The van der Waals surface area contributed by atoms with Gasteiger partial charge < -0.3 is 4.74 Å². The Hall–Kier alpha value is -4.08. The highest BCUT2D eigenvalue weighted by Crippen LogP contribution is 2.41. The first-order valence-corrected chi connectivity index (χ1v) is 10.8. The minimum absolute atomic E-state index is 0.0474. The minimum Gasteiger partial charge on any atom is -0.406 e. The van der Waals surface area contributed by atoms with E-state index < -0.39 is 41.5 Å². The molecule has 2 heterocycles. The number of alkyl halides is 3. The van der Waals surface area contributed by atoms with Gasteiger partial charge in [-0.3, -0.25) is 19.3 Å². The molecule has 2 unspecified atom stereocenters. The number of carbonyl (C=O) groups excluding carboxylic acids is 3. The number of Topliss-reactive ketones (excluding diaryl/α,β-unsaturated/α-hetero) is 2. The van der Waals surface area contributed by atoms with Crippen LogP contribution in [-0.4, -0.2) is 34.0 Å². The quantitative estimate of drug-likeness (QED) is 0.293. The number of aromatic nitrogens is 2. The monoisotopic (exact) mass is 483 g/mol. The second kappa shape index (κ2) is 9.28. The van der Waals surface area contributed by atoms with E-state index in [9.17, 15) is 27.6 Å². The number of amides is 1. The first-order valence-electron chi connectivity index (χ1n) is 10.8. The standard InChI is InChI=1S/C25H20F3N3O4/c1-3-15-5-7-17(8-6-15)22(32)20-21(16-9-11-18(12-10-16)35-25(26,27)28)31(24(34)23(20)33)19-13-4-14(2)29-30-19/h4-13,20-21H,3H2,1-2H3. The molecule has 0 N–H and O–H groups in total. The zero-order chi connectivity index (χ0) is 25.3. The maximum absolute atomic E-state index is 13.5. The van der Waals surface area contributed by atoms with Gasteiger partial charge in [-0.2, -0.15) is 5.10 Å². The topological polar surface area (TPSA) is 89.5 Å². The Labute approximate surface area is 198 Å². The van der Waals surface area contributed by atoms with Crippen molar-refractivity contribution in [2.24, 2.45) is 5.92 Å². The van der Waals surface area contributed by atoms with Crippen molar-refractivity contribution in [3.05, 3.63) is 83.0 Å². The van der Waals surface area contributed by atoms with Gasteiger partial charge in [-0.25, -0.2) is 0 Å². The average Bonchev–Trinajstić information content (AvgIpc) is 3.09. The summed E-state index contributed by atoms with van der Waals surface area (Å²) >= 11 is 0. The van der Waals surface area contributed by atoms with Crippen LogP contribution in [0.3, 0.4) is 0 Å². The maximum Gasteiger partial charge on any atom is 0.573 e. The molecule has 0 saturated carbocycles. The normalized spacial score (nSPS) is 18.1. The van der Waals surface area contributed by atoms with Gasteiger partial charge in [0.2, 0.25) is 5.78 Å². The molecule has 0 aliphatic carbocycles. The van der Waals surface area contributed by atoms with Crippen LogP contribution in [0.1, 0.15) is 40.1 Å². The van der Waals surface area contributed by atoms with Crippen molar-refractivity contribution in [2.45, 2.75) is 32.7 Å². The first-order chi connectivity index (χ1) is 16.6. The number of benzene rings is 2. The van der Waals surface area contributed by atoms with Crippen LogP contribution in [-0.2, 0) is 16.0 Å². The lowest BCUT2D eigenvalue weighted by molar-refractivity contribution is -0.274. The van der Waals surface area contributed by atoms with Gasteiger partial charge in [-0.05, 0) is 48.7 Å². The minimum atomic E-state index is -4.88. The average molecular weight is 483 g/mol. The Bertz CT molecular complexity index is 1260. The van der Waals surface area contributed by atoms with Gasteiger partial charge in [0.25, 0.3) is 5.91 Å². The van der Waals surface area contributed by atoms with Gasteiger partial charge in [0.1, 0.15) is 11.7 Å². The molecule has 7 nitrogen and oxygen atoms in total. The fraction of sp³-hybridized carbons (Fsp3) is 0.240. The molecule has 4 rings (SSSR count). The van der Waals surface area contributed by atoms with Crippen LogP contribution in [0, 0.1) is 12.8 Å². The van der Waals surface area contributed by atoms with Crippen molar-refractivity contribution >= 4 is 23.3 Å². The van der Waals surface area contributed by atoms with Crippen molar-refractivity contribution in [2.75, 3.05) is 4.90 Å². The number of halogens is 3. The molecular weight excluding hydrogens is 463 g/mol. The molecule has 35 heavy (non-hydrogen) atoms. The summed E-state index contributed by atoms with van der Waals surface area (Å²) in [6, 6.07) is 13.3. The predicted octanol–water partition coefficient (Wildman–Crippen LogP) is 4.40. The van der Waals surface area contributed by atoms with E-state index in [-0.39, 0.29) is 16.9 Å². The summed E-state index contributed by atoms with van der Waals surface area (Å²) in [6.45, 7) is 3.65. The van der Waals surface area contributed by atoms with E-state index >= 15 is 0 Å². The molecule has 3 aromatic rings. The van der Waals surface area contributed by atoms with Crippen molar-refractivity contribution < 1.29 is 32.3 Å². The van der Waals surface area contributed by atoms with E-state index in [1.165, 1.54) is 18.2 Å². The molecule has 1 amide bonds. The van der Waals surface area contributed by atoms with Crippen molar-refractivity contribution in [3.8, 4) is 5.75 Å². The SMILES string of the molecule is CCc1ccc(C(=O)C2C(=O)C(=O)N(c3ccc(C)nn3)C2c2ccc(OC(F)(F)F)cc2)cc1. The molecule has 1 fully saturated rings. The lowest BCUT2D eigenvalue weighted by Gasteiger charge is -2.26. The molecule has 0 radical (unpaired) electrons. The third-order valence-corrected chi connectivity index (χ3v) is 5.72. The number of hydrogen-bond acceptors (Lipinski definition) is 6. The maximum atomic E-state index is 13.5. The van der Waals surface area contributed by atoms with Crippen molar-refractivity contribution in [1.29, 1.82) is 0 Å². The van der Waals surface area contributed by atoms with Crippen LogP contribution in [0.4, 0.5) is 19.0 Å². The molecule has 1 aliphatic heterocycles. The van der Waals surface area contributed by atoms with Crippen LogP contribution >= 0.6 is 0 Å². The van der Waals surface area contributed by atoms with Crippen molar-refractivity contribution in [1.82, 2.24) is 10.2 Å². The number of rotatable bonds is 6. The van der Waals surface area contributed by atoms with E-state index in [0.29, 0.717) is 5.69 Å². The molecule has 0 bridgehead atoms. The number of nitrogens with zero attached hydrogens (tertiary/aromatic N) is 3. The van der Waals surface area contributed by atoms with Gasteiger partial charge in [0.15, 0.2) is 11.6 Å². The van der Waals surface area contributed by atoms with Crippen LogP contribution < -0.4 is 9.64 Å². The highest BCUT2D eigenvalue weighted by Gasteiger charge is 2.53. The van der Waals surface area contributed by atoms with Gasteiger partial charge in [0.05, 0.1) is 11.7 Å². The summed E-state index contributed by atoms with van der Waals surface area (Å²) in [4.78, 5) is 40.7. The van der Waals surface area contributed by atoms with Crippen LogP contribution in [0.5, 0.6) is 5.75 Å². The van der Waals surface area contributed by atoms with E-state index in [0.717, 1.165) is 29.0 Å². The molecule has 2 aromatic carbocycles. The second-order valence-corrected chi connectivity index (χ2v) is 8.03. The van der Waals surface area contributed by atoms with E-state index in [2.05, 4.69) is 14.9 Å². The summed E-state index contributed by atoms with van der Waals surface area (Å²) in [5.74, 6) is -4.31. The smallest absolute Gasteiger partial charge is 0.406 e. The number of carbonyl (C=O) groups is 3. The van der Waals surface area contributed by atoms with Gasteiger partial charge in [0, 0.05) is 5.56 Å². The third-order valence-electron chi connectivity index (χ3n) is 5.72.